The van der Waals surface area contributed by atoms with E-state index in [9.17, 15) is 18.0 Å². The van der Waals surface area contributed by atoms with Crippen LogP contribution in [0.2, 0.25) is 0 Å². The Labute approximate surface area is 234 Å². The molecule has 0 saturated carbocycles. The van der Waals surface area contributed by atoms with Gasteiger partial charge in [-0.15, -0.1) is 5.10 Å². The van der Waals surface area contributed by atoms with E-state index in [-0.39, 0.29) is 11.7 Å². The van der Waals surface area contributed by atoms with Crippen LogP contribution in [0.15, 0.2) is 89.2 Å². The van der Waals surface area contributed by atoms with Crippen LogP contribution in [-0.2, 0) is 11.0 Å². The van der Waals surface area contributed by atoms with Crippen molar-refractivity contribution in [2.45, 2.75) is 33.4 Å². The topological polar surface area (TPSA) is 74.9 Å². The van der Waals surface area contributed by atoms with Crippen LogP contribution in [0.5, 0.6) is 0 Å². The second-order valence-corrected chi connectivity index (χ2v) is 10.4. The molecule has 1 N–H and O–H groups in total. The Morgan fingerprint density at radius 2 is 1.60 bits per heavy atom. The number of hydrogen-bond acceptors (Lipinski definition) is 5. The summed E-state index contributed by atoms with van der Waals surface area (Å²) < 4.78 is 39.3. The van der Waals surface area contributed by atoms with Gasteiger partial charge in [0.05, 0.1) is 16.5 Å². The third kappa shape index (κ3) is 7.15. The van der Waals surface area contributed by atoms with E-state index in [2.05, 4.69) is 21.3 Å². The van der Waals surface area contributed by atoms with Gasteiger partial charge in [-0.05, 0) is 76.7 Å². The third-order valence-electron chi connectivity index (χ3n) is 6.50. The quantitative estimate of drug-likeness (QED) is 0.132. The number of carboxylic acids is 1. The van der Waals surface area contributed by atoms with Crippen LogP contribution in [0, 0.1) is 5.92 Å². The van der Waals surface area contributed by atoms with E-state index in [1.165, 1.54) is 12.3 Å². The van der Waals surface area contributed by atoms with E-state index < -0.39 is 17.8 Å². The number of aliphatic carboxylic acids is 1. The maximum atomic E-state index is 13.1. The monoisotopic (exact) mass is 563 g/mol. The molecule has 1 atom stereocenters. The Balaban J connectivity index is 1.81. The third-order valence-corrected chi connectivity index (χ3v) is 7.67. The number of hydrogen-bond donors (Lipinski definition) is 1. The Morgan fingerprint density at radius 1 is 0.925 bits per heavy atom. The number of fused-ring (bicyclic) bond motifs is 1. The molecule has 0 fully saturated rings. The molecule has 0 bridgehead atoms. The van der Waals surface area contributed by atoms with Crippen LogP contribution in [0.4, 0.5) is 13.2 Å². The Hall–Kier alpha value is -3.98. The van der Waals surface area contributed by atoms with Gasteiger partial charge in [0.25, 0.3) is 0 Å². The number of carbonyl (C=O) groups is 1. The van der Waals surface area contributed by atoms with Gasteiger partial charge in [0, 0.05) is 17.7 Å². The van der Waals surface area contributed by atoms with E-state index in [0.29, 0.717) is 21.9 Å². The van der Waals surface area contributed by atoms with Gasteiger partial charge in [-0.1, -0.05) is 68.1 Å². The first kappa shape index (κ1) is 29.0. The van der Waals surface area contributed by atoms with E-state index in [4.69, 9.17) is 5.11 Å². The Kier molecular flexibility index (Phi) is 9.04. The minimum Gasteiger partial charge on any atom is -0.481 e. The predicted molar refractivity (Wildman–Crippen MR) is 157 cm³/mol. The first-order valence-electron chi connectivity index (χ1n) is 12.7. The predicted octanol–water partition coefficient (Wildman–Crippen LogP) is 8.57. The summed E-state index contributed by atoms with van der Waals surface area (Å²) in [6.07, 6.45) is -2.52. The number of carboxylic acid groups (broad SMARTS) is 1. The molecule has 4 rings (SSSR count). The van der Waals surface area contributed by atoms with E-state index in [0.717, 1.165) is 51.7 Å². The molecule has 9 heteroatoms. The summed E-state index contributed by atoms with van der Waals surface area (Å²) in [5, 5.41) is 20.7. The molecule has 1 unspecified atom stereocenters. The van der Waals surface area contributed by atoms with Crippen LogP contribution in [0.3, 0.4) is 0 Å². The molecule has 0 saturated heterocycles. The molecule has 0 aliphatic carbocycles. The van der Waals surface area contributed by atoms with Crippen molar-refractivity contribution in [2.75, 3.05) is 5.75 Å². The number of benzene rings is 3. The van der Waals surface area contributed by atoms with Crippen LogP contribution in [-0.4, -0.2) is 32.6 Å². The fourth-order valence-corrected chi connectivity index (χ4v) is 4.85. The van der Waals surface area contributed by atoms with Crippen molar-refractivity contribution >= 4 is 39.3 Å². The fourth-order valence-electron chi connectivity index (χ4n) is 4.03. The largest absolute Gasteiger partial charge is 0.481 e. The highest BCUT2D eigenvalue weighted by molar-refractivity contribution is 8.14. The molecule has 0 spiro atoms. The molecule has 5 nitrogen and oxygen atoms in total. The number of halogens is 3. The lowest BCUT2D eigenvalue weighted by Crippen LogP contribution is -2.10. The first-order valence-corrected chi connectivity index (χ1v) is 13.7. The Morgan fingerprint density at radius 3 is 2.23 bits per heavy atom. The summed E-state index contributed by atoms with van der Waals surface area (Å²) in [7, 11) is 0. The highest BCUT2D eigenvalue weighted by Crippen LogP contribution is 2.33. The second-order valence-electron chi connectivity index (χ2n) is 9.41. The lowest BCUT2D eigenvalue weighted by atomic mass is 9.94. The maximum Gasteiger partial charge on any atom is 0.433 e. The second kappa shape index (κ2) is 12.5. The van der Waals surface area contributed by atoms with Crippen molar-refractivity contribution in [3.05, 3.63) is 90.3 Å². The minimum atomic E-state index is -4.52. The number of nitrogens with zero attached hydrogens (tertiary/aromatic N) is 3. The van der Waals surface area contributed by atoms with Gasteiger partial charge in [-0.3, -0.25) is 9.78 Å². The molecule has 0 aliphatic heterocycles. The van der Waals surface area contributed by atoms with Crippen LogP contribution >= 0.6 is 11.8 Å². The number of aromatic nitrogens is 1. The summed E-state index contributed by atoms with van der Waals surface area (Å²) in [5.74, 6) is -1.00. The van der Waals surface area contributed by atoms with Crippen molar-refractivity contribution < 1.29 is 23.1 Å². The lowest BCUT2D eigenvalue weighted by molar-refractivity contribution is -0.141. The Bertz CT molecular complexity index is 1580. The number of pyridine rings is 1. The molecule has 1 heterocycles. The van der Waals surface area contributed by atoms with Crippen molar-refractivity contribution in [2.24, 2.45) is 16.1 Å². The van der Waals surface area contributed by atoms with Gasteiger partial charge in [0.1, 0.15) is 5.69 Å². The van der Waals surface area contributed by atoms with Crippen LogP contribution < -0.4 is 0 Å². The molecule has 0 aliphatic rings. The minimum absolute atomic E-state index is 0.0404. The summed E-state index contributed by atoms with van der Waals surface area (Å²) in [4.78, 5) is 14.7. The SMILES string of the molecule is CCC(C)C(=NN=C(C)c1cc(-c2ccc(C(F)(F)F)nc2)cc(-c2ccc3ccccc3c2)c1)SCC(=O)O. The normalized spacial score (nSPS) is 13.4. The molecular formula is C31H28F3N3O2S. The van der Waals surface area contributed by atoms with Gasteiger partial charge < -0.3 is 5.11 Å². The lowest BCUT2D eigenvalue weighted by Gasteiger charge is -2.13. The smallest absolute Gasteiger partial charge is 0.433 e. The molecule has 206 valence electrons. The molecule has 0 radical (unpaired) electrons. The van der Waals surface area contributed by atoms with Gasteiger partial charge in [0.15, 0.2) is 0 Å². The van der Waals surface area contributed by atoms with Gasteiger partial charge >= 0.3 is 12.1 Å². The molecule has 3 aromatic carbocycles. The zero-order chi connectivity index (χ0) is 28.9. The van der Waals surface area contributed by atoms with Crippen molar-refractivity contribution in [1.29, 1.82) is 0 Å². The number of alkyl halides is 3. The summed E-state index contributed by atoms with van der Waals surface area (Å²) in [6, 6.07) is 22.2. The van der Waals surface area contributed by atoms with Gasteiger partial charge in [-0.25, -0.2) is 0 Å². The molecule has 0 amide bonds. The zero-order valence-corrected chi connectivity index (χ0v) is 23.1. The van der Waals surface area contributed by atoms with E-state index >= 15 is 0 Å². The average molecular weight is 564 g/mol. The average Bonchev–Trinajstić information content (AvgIpc) is 2.95. The van der Waals surface area contributed by atoms with Crippen molar-refractivity contribution in [3.8, 4) is 22.3 Å². The highest BCUT2D eigenvalue weighted by atomic mass is 32.2. The molecule has 4 aromatic rings. The summed E-state index contributed by atoms with van der Waals surface area (Å²) >= 11 is 1.15. The van der Waals surface area contributed by atoms with Crippen molar-refractivity contribution in [3.63, 3.8) is 0 Å². The number of thioether (sulfide) groups is 1. The van der Waals surface area contributed by atoms with Gasteiger partial charge in [0.2, 0.25) is 0 Å². The van der Waals surface area contributed by atoms with Crippen LogP contribution in [0.25, 0.3) is 33.0 Å². The van der Waals surface area contributed by atoms with E-state index in [1.807, 2.05) is 68.4 Å². The molecule has 1 aromatic heterocycles. The number of rotatable bonds is 8. The summed E-state index contributed by atoms with van der Waals surface area (Å²) in [5.41, 5.74) is 3.38. The maximum absolute atomic E-state index is 13.1. The molecular weight excluding hydrogens is 535 g/mol. The van der Waals surface area contributed by atoms with Gasteiger partial charge in [-0.2, -0.15) is 18.3 Å². The van der Waals surface area contributed by atoms with E-state index in [1.54, 1.807) is 6.92 Å². The van der Waals surface area contributed by atoms with Crippen LogP contribution in [0.1, 0.15) is 38.4 Å². The first-order chi connectivity index (χ1) is 19.0. The van der Waals surface area contributed by atoms with Crippen molar-refractivity contribution in [1.82, 2.24) is 4.98 Å². The highest BCUT2D eigenvalue weighted by Gasteiger charge is 2.32. The molecule has 40 heavy (non-hydrogen) atoms. The summed E-state index contributed by atoms with van der Waals surface area (Å²) in [6.45, 7) is 5.76. The fraction of sp³-hybridized carbons (Fsp3) is 0.226. The zero-order valence-electron chi connectivity index (χ0n) is 22.2. The standard InChI is InChI=1S/C31H28F3N3O2S/c1-4-19(2)30(40-18-29(38)39)37-36-20(3)25-14-26(23-10-9-21-7-5-6-8-22(21)13-23)16-27(15-25)24-11-12-28(35-17-24)31(32,33)34/h5-17,19H,4,18H2,1-3H3,(H,38,39).